The number of alkyl carbamates (subject to hydrolysis) is 1. The number of carbonyl (C=O) groups is 1. The molecule has 0 saturated heterocycles. The van der Waals surface area contributed by atoms with Crippen LogP contribution in [0.25, 0.3) is 0 Å². The molecule has 4 rings (SSSR count). The van der Waals surface area contributed by atoms with E-state index in [9.17, 15) is 4.79 Å². The maximum absolute atomic E-state index is 11.9. The monoisotopic (exact) mass is 491 g/mol. The summed E-state index contributed by atoms with van der Waals surface area (Å²) in [5.41, 5.74) is 7.21. The number of aromatic nitrogens is 3. The van der Waals surface area contributed by atoms with Crippen molar-refractivity contribution in [3.8, 4) is 17.4 Å². The third-order valence-corrected chi connectivity index (χ3v) is 6.04. The van der Waals surface area contributed by atoms with Gasteiger partial charge in [0.1, 0.15) is 23.7 Å². The number of benzene rings is 2. The highest BCUT2D eigenvalue weighted by molar-refractivity contribution is 5.68. The van der Waals surface area contributed by atoms with Gasteiger partial charge >= 0.3 is 6.09 Å². The Balaban J connectivity index is 1.30. The fourth-order valence-electron chi connectivity index (χ4n) is 3.89. The molecule has 1 aliphatic carbocycles. The van der Waals surface area contributed by atoms with Crippen LogP contribution in [0.3, 0.4) is 0 Å². The second-order valence-electron chi connectivity index (χ2n) is 10.5. The van der Waals surface area contributed by atoms with Crippen LogP contribution >= 0.6 is 0 Å². The van der Waals surface area contributed by atoms with Gasteiger partial charge in [0.25, 0.3) is 5.88 Å². The molecular formula is C27H33N5O4. The summed E-state index contributed by atoms with van der Waals surface area (Å²) in [7, 11) is 0. The number of hydrogen-bond acceptors (Lipinski definition) is 8. The molecule has 1 fully saturated rings. The molecule has 3 aromatic rings. The number of hydrogen-bond donors (Lipinski definition) is 2. The van der Waals surface area contributed by atoms with E-state index < -0.39 is 0 Å². The van der Waals surface area contributed by atoms with Gasteiger partial charge in [0.05, 0.1) is 6.20 Å². The number of nitrogens with zero attached hydrogens (tertiary/aromatic N) is 3. The van der Waals surface area contributed by atoms with Crippen LogP contribution in [-0.4, -0.2) is 39.0 Å². The van der Waals surface area contributed by atoms with Crippen LogP contribution in [0.4, 0.5) is 10.7 Å². The van der Waals surface area contributed by atoms with E-state index in [0.29, 0.717) is 18.6 Å². The van der Waals surface area contributed by atoms with Gasteiger partial charge in [-0.2, -0.15) is 0 Å². The second-order valence-corrected chi connectivity index (χ2v) is 10.5. The number of rotatable bonds is 7. The minimum absolute atomic E-state index is 0.0461. The first-order valence-corrected chi connectivity index (χ1v) is 12.0. The first-order valence-electron chi connectivity index (χ1n) is 12.0. The molecule has 9 nitrogen and oxygen atoms in total. The molecule has 0 spiro atoms. The Bertz CT molecular complexity index is 1170. The standard InChI is InChI=1S/C27H33N5O4/c1-26(2,3)30-25(33)36-22-14-21(15-22)34-19-10-6-17(7-11-19)27(4,5)18-8-12-20(13-9-18)35-23-16-29-24(28)32-31-23/h6-13,16,21-22H,14-15H2,1-5H3,(H,30,33)(H2,28,29,32). The van der Waals surface area contributed by atoms with Gasteiger partial charge in [-0.25, -0.2) is 9.78 Å². The number of amides is 1. The van der Waals surface area contributed by atoms with Crippen molar-refractivity contribution in [1.29, 1.82) is 0 Å². The van der Waals surface area contributed by atoms with Crippen molar-refractivity contribution in [2.75, 3.05) is 5.73 Å². The molecule has 9 heteroatoms. The quantitative estimate of drug-likeness (QED) is 0.473. The van der Waals surface area contributed by atoms with Crippen molar-refractivity contribution < 1.29 is 19.0 Å². The zero-order valence-corrected chi connectivity index (χ0v) is 21.3. The fourth-order valence-corrected chi connectivity index (χ4v) is 3.89. The van der Waals surface area contributed by atoms with Crippen molar-refractivity contribution in [2.24, 2.45) is 0 Å². The zero-order valence-electron chi connectivity index (χ0n) is 21.3. The highest BCUT2D eigenvalue weighted by atomic mass is 16.6. The van der Waals surface area contributed by atoms with Crippen molar-refractivity contribution in [3.63, 3.8) is 0 Å². The minimum Gasteiger partial charge on any atom is -0.490 e. The summed E-state index contributed by atoms with van der Waals surface area (Å²) in [4.78, 5) is 15.8. The molecule has 0 aliphatic heterocycles. The van der Waals surface area contributed by atoms with Crippen molar-refractivity contribution in [1.82, 2.24) is 20.5 Å². The van der Waals surface area contributed by atoms with Crippen LogP contribution in [0.5, 0.6) is 17.4 Å². The third kappa shape index (κ3) is 6.41. The number of anilines is 1. The molecule has 0 bridgehead atoms. The first kappa shape index (κ1) is 25.2. The molecule has 1 saturated carbocycles. The molecule has 190 valence electrons. The maximum atomic E-state index is 11.9. The Morgan fingerprint density at radius 2 is 1.47 bits per heavy atom. The van der Waals surface area contributed by atoms with E-state index in [-0.39, 0.29) is 41.1 Å². The molecular weight excluding hydrogens is 458 g/mol. The molecule has 1 aliphatic rings. The molecule has 1 amide bonds. The molecule has 1 aromatic heterocycles. The van der Waals surface area contributed by atoms with Crippen LogP contribution in [0.1, 0.15) is 58.6 Å². The normalized spacial score (nSPS) is 17.6. The van der Waals surface area contributed by atoms with Gasteiger partial charge in [0.15, 0.2) is 0 Å². The Hall–Kier alpha value is -3.88. The van der Waals surface area contributed by atoms with Crippen molar-refractivity contribution in [3.05, 3.63) is 65.9 Å². The highest BCUT2D eigenvalue weighted by Gasteiger charge is 2.34. The van der Waals surface area contributed by atoms with Crippen LogP contribution in [0.15, 0.2) is 54.7 Å². The Kier molecular flexibility index (Phi) is 7.01. The van der Waals surface area contributed by atoms with Gasteiger partial charge < -0.3 is 25.3 Å². The topological polar surface area (TPSA) is 121 Å². The van der Waals surface area contributed by atoms with Crippen LogP contribution in [0.2, 0.25) is 0 Å². The Morgan fingerprint density at radius 3 is 2.00 bits per heavy atom. The summed E-state index contributed by atoms with van der Waals surface area (Å²) in [6.07, 6.45) is 2.38. The summed E-state index contributed by atoms with van der Waals surface area (Å²) < 4.78 is 17.2. The van der Waals surface area contributed by atoms with Gasteiger partial charge in [-0.15, -0.1) is 10.2 Å². The highest BCUT2D eigenvalue weighted by Crippen LogP contribution is 2.35. The number of nitrogens with two attached hydrogens (primary N) is 1. The number of ether oxygens (including phenoxy) is 3. The summed E-state index contributed by atoms with van der Waals surface area (Å²) in [5.74, 6) is 1.82. The lowest BCUT2D eigenvalue weighted by atomic mass is 9.78. The van der Waals surface area contributed by atoms with E-state index in [1.807, 2.05) is 57.2 Å². The lowest BCUT2D eigenvalue weighted by Gasteiger charge is -2.35. The lowest BCUT2D eigenvalue weighted by molar-refractivity contribution is -0.0243. The third-order valence-electron chi connectivity index (χ3n) is 6.04. The molecule has 0 radical (unpaired) electrons. The number of nitrogens with one attached hydrogen (secondary N) is 1. The maximum Gasteiger partial charge on any atom is 0.407 e. The van der Waals surface area contributed by atoms with E-state index in [4.69, 9.17) is 19.9 Å². The molecule has 3 N–H and O–H groups in total. The van der Waals surface area contributed by atoms with Gasteiger partial charge in [0, 0.05) is 23.8 Å². The SMILES string of the molecule is CC(C)(C)NC(=O)OC1CC(Oc2ccc(C(C)(C)c3ccc(Oc4cnc(N)nn4)cc3)cc2)C1. The fraction of sp³-hybridized carbons (Fsp3) is 0.407. The minimum atomic E-state index is -0.381. The summed E-state index contributed by atoms with van der Waals surface area (Å²) in [6.45, 7) is 10.1. The Labute approximate surface area is 211 Å². The average molecular weight is 492 g/mol. The van der Waals surface area contributed by atoms with E-state index in [0.717, 1.165) is 16.9 Å². The van der Waals surface area contributed by atoms with Gasteiger partial charge in [-0.1, -0.05) is 38.1 Å². The van der Waals surface area contributed by atoms with Crippen molar-refractivity contribution >= 4 is 12.0 Å². The summed E-state index contributed by atoms with van der Waals surface area (Å²) in [6, 6.07) is 16.0. The van der Waals surface area contributed by atoms with E-state index in [1.165, 1.54) is 6.20 Å². The van der Waals surface area contributed by atoms with Crippen molar-refractivity contribution in [2.45, 2.75) is 70.6 Å². The molecule has 2 aromatic carbocycles. The van der Waals surface area contributed by atoms with E-state index in [2.05, 4.69) is 46.5 Å². The van der Waals surface area contributed by atoms with E-state index in [1.54, 1.807) is 0 Å². The average Bonchev–Trinajstić information content (AvgIpc) is 2.79. The summed E-state index contributed by atoms with van der Waals surface area (Å²) in [5, 5.41) is 10.4. The van der Waals surface area contributed by atoms with Crippen LogP contribution in [-0.2, 0) is 10.2 Å². The Morgan fingerprint density at radius 1 is 0.889 bits per heavy atom. The van der Waals surface area contributed by atoms with Gasteiger partial charge in [-0.3, -0.25) is 0 Å². The van der Waals surface area contributed by atoms with Crippen LogP contribution in [0, 0.1) is 0 Å². The predicted octanol–water partition coefficient (Wildman–Crippen LogP) is 5.01. The van der Waals surface area contributed by atoms with Gasteiger partial charge in [-0.05, 0) is 56.2 Å². The second kappa shape index (κ2) is 10.0. The van der Waals surface area contributed by atoms with E-state index >= 15 is 0 Å². The van der Waals surface area contributed by atoms with Crippen LogP contribution < -0.4 is 20.5 Å². The lowest BCUT2D eigenvalue weighted by Crippen LogP contribution is -2.46. The largest absolute Gasteiger partial charge is 0.490 e. The molecule has 1 heterocycles. The smallest absolute Gasteiger partial charge is 0.407 e. The molecule has 36 heavy (non-hydrogen) atoms. The zero-order chi connectivity index (χ0) is 25.9. The number of carbonyl (C=O) groups excluding carboxylic acids is 1. The molecule has 0 unspecified atom stereocenters. The molecule has 0 atom stereocenters. The van der Waals surface area contributed by atoms with Gasteiger partial charge in [0.2, 0.25) is 5.95 Å². The first-order chi connectivity index (χ1) is 17.0. The number of nitrogen functional groups attached to an aromatic ring is 1. The predicted molar refractivity (Wildman–Crippen MR) is 136 cm³/mol. The summed E-state index contributed by atoms with van der Waals surface area (Å²) >= 11 is 0.